The van der Waals surface area contributed by atoms with E-state index in [1.807, 2.05) is 13.0 Å². The van der Waals surface area contributed by atoms with Gasteiger partial charge in [-0.15, -0.1) is 0 Å². The first-order chi connectivity index (χ1) is 8.16. The molecule has 2 aliphatic rings. The lowest BCUT2D eigenvalue weighted by molar-refractivity contribution is 0.0443. The van der Waals surface area contributed by atoms with Gasteiger partial charge in [0.25, 0.3) is 0 Å². The minimum Gasteiger partial charge on any atom is -0.386 e. The number of hydrogen-bond donors (Lipinski definition) is 0. The number of fused-ring (bicyclic) bond motifs is 1. The molecule has 0 bridgehead atoms. The van der Waals surface area contributed by atoms with Gasteiger partial charge in [0, 0.05) is 18.8 Å². The van der Waals surface area contributed by atoms with Crippen LogP contribution in [0.25, 0.3) is 0 Å². The van der Waals surface area contributed by atoms with Crippen molar-refractivity contribution in [1.29, 1.82) is 0 Å². The van der Waals surface area contributed by atoms with Crippen LogP contribution in [0, 0.1) is 6.92 Å². The maximum atomic E-state index is 11.5. The Morgan fingerprint density at radius 2 is 1.82 bits per heavy atom. The van der Waals surface area contributed by atoms with Crippen LogP contribution in [0.3, 0.4) is 0 Å². The Kier molecular flexibility index (Phi) is 2.18. The predicted molar refractivity (Wildman–Crippen MR) is 62.4 cm³/mol. The second-order valence-corrected chi connectivity index (χ2v) is 4.56. The van der Waals surface area contributed by atoms with Crippen LogP contribution >= 0.6 is 0 Å². The molecule has 0 amide bonds. The van der Waals surface area contributed by atoms with Crippen molar-refractivity contribution in [3.05, 3.63) is 28.8 Å². The summed E-state index contributed by atoms with van der Waals surface area (Å²) in [6.07, 6.45) is 2.36. The zero-order valence-corrected chi connectivity index (χ0v) is 9.66. The molecule has 17 heavy (non-hydrogen) atoms. The maximum Gasteiger partial charge on any atom is 0.347 e. The number of esters is 2. The number of aryl methyl sites for hydroxylation is 1. The van der Waals surface area contributed by atoms with Crippen molar-refractivity contribution < 1.29 is 14.3 Å². The Bertz CT molecular complexity index is 516. The first-order valence-electron chi connectivity index (χ1n) is 5.83. The summed E-state index contributed by atoms with van der Waals surface area (Å²) in [4.78, 5) is 25.2. The number of hydrogen-bond acceptors (Lipinski definition) is 4. The molecule has 0 unspecified atom stereocenters. The predicted octanol–water partition coefficient (Wildman–Crippen LogP) is 1.91. The van der Waals surface area contributed by atoms with Crippen LogP contribution in [0.4, 0.5) is 5.69 Å². The van der Waals surface area contributed by atoms with E-state index < -0.39 is 11.9 Å². The molecule has 0 spiro atoms. The fourth-order valence-electron chi connectivity index (χ4n) is 2.55. The van der Waals surface area contributed by atoms with Crippen molar-refractivity contribution in [2.24, 2.45) is 0 Å². The van der Waals surface area contributed by atoms with E-state index in [4.69, 9.17) is 0 Å². The van der Waals surface area contributed by atoms with E-state index in [0.29, 0.717) is 11.1 Å². The minimum atomic E-state index is -0.519. The van der Waals surface area contributed by atoms with Gasteiger partial charge in [0.1, 0.15) is 0 Å². The molecule has 4 heteroatoms. The summed E-state index contributed by atoms with van der Waals surface area (Å²) in [5.41, 5.74) is 2.68. The van der Waals surface area contributed by atoms with Gasteiger partial charge >= 0.3 is 11.9 Å². The standard InChI is InChI=1S/C13H13NO3/c1-8-6-9(14-4-2-3-5-14)7-10-11(8)13(16)17-12(10)15/h6-7H,2-5H2,1H3. The van der Waals surface area contributed by atoms with Gasteiger partial charge in [-0.1, -0.05) is 0 Å². The molecule has 1 aromatic rings. The first-order valence-corrected chi connectivity index (χ1v) is 5.83. The van der Waals surface area contributed by atoms with Gasteiger partial charge in [-0.3, -0.25) is 0 Å². The van der Waals surface area contributed by atoms with Crippen LogP contribution < -0.4 is 4.90 Å². The average Bonchev–Trinajstić information content (AvgIpc) is 2.88. The van der Waals surface area contributed by atoms with Crippen molar-refractivity contribution >= 4 is 17.6 Å². The third kappa shape index (κ3) is 1.52. The number of carbonyl (C=O) groups is 2. The molecule has 0 radical (unpaired) electrons. The van der Waals surface area contributed by atoms with Crippen LogP contribution in [-0.2, 0) is 4.74 Å². The molecule has 0 aliphatic carbocycles. The summed E-state index contributed by atoms with van der Waals surface area (Å²) in [5, 5.41) is 0. The summed E-state index contributed by atoms with van der Waals surface area (Å²) < 4.78 is 4.63. The Morgan fingerprint density at radius 1 is 1.12 bits per heavy atom. The SMILES string of the molecule is Cc1cc(N2CCCC2)cc2c1C(=O)OC2=O. The normalized spacial score (nSPS) is 18.5. The van der Waals surface area contributed by atoms with E-state index in [0.717, 1.165) is 24.3 Å². The quantitative estimate of drug-likeness (QED) is 0.547. The summed E-state index contributed by atoms with van der Waals surface area (Å²) in [6.45, 7) is 3.88. The highest BCUT2D eigenvalue weighted by Gasteiger charge is 2.32. The number of cyclic esters (lactones) is 2. The second-order valence-electron chi connectivity index (χ2n) is 4.56. The van der Waals surface area contributed by atoms with Gasteiger partial charge in [0.2, 0.25) is 0 Å². The van der Waals surface area contributed by atoms with Gasteiger partial charge in [0.05, 0.1) is 11.1 Å². The summed E-state index contributed by atoms with van der Waals surface area (Å²) in [6, 6.07) is 3.74. The lowest BCUT2D eigenvalue weighted by Crippen LogP contribution is -2.18. The molecular formula is C13H13NO3. The third-order valence-electron chi connectivity index (χ3n) is 3.40. The first kappa shape index (κ1) is 10.3. The Morgan fingerprint density at radius 3 is 2.53 bits per heavy atom. The molecule has 4 nitrogen and oxygen atoms in total. The van der Waals surface area contributed by atoms with Crippen molar-refractivity contribution in [3.63, 3.8) is 0 Å². The van der Waals surface area contributed by atoms with Gasteiger partial charge in [0.15, 0.2) is 0 Å². The van der Waals surface area contributed by atoms with Crippen molar-refractivity contribution in [1.82, 2.24) is 0 Å². The molecule has 2 aliphatic heterocycles. The van der Waals surface area contributed by atoms with Crippen molar-refractivity contribution in [2.45, 2.75) is 19.8 Å². The monoisotopic (exact) mass is 231 g/mol. The minimum absolute atomic E-state index is 0.414. The van der Waals surface area contributed by atoms with Crippen LogP contribution in [0.5, 0.6) is 0 Å². The zero-order valence-electron chi connectivity index (χ0n) is 9.66. The Labute approximate surface area is 99.2 Å². The van der Waals surface area contributed by atoms with Crippen LogP contribution in [-0.4, -0.2) is 25.0 Å². The van der Waals surface area contributed by atoms with Crippen molar-refractivity contribution in [3.8, 4) is 0 Å². The largest absolute Gasteiger partial charge is 0.386 e. The molecule has 2 heterocycles. The highest BCUT2D eigenvalue weighted by Crippen LogP contribution is 2.30. The summed E-state index contributed by atoms with van der Waals surface area (Å²) in [7, 11) is 0. The zero-order chi connectivity index (χ0) is 12.0. The highest BCUT2D eigenvalue weighted by molar-refractivity contribution is 6.16. The third-order valence-corrected chi connectivity index (χ3v) is 3.40. The molecule has 0 saturated carbocycles. The smallest absolute Gasteiger partial charge is 0.347 e. The number of nitrogens with zero attached hydrogens (tertiary/aromatic N) is 1. The fraction of sp³-hybridized carbons (Fsp3) is 0.385. The molecular weight excluding hydrogens is 218 g/mol. The van der Waals surface area contributed by atoms with Crippen LogP contribution in [0.15, 0.2) is 12.1 Å². The van der Waals surface area contributed by atoms with Gasteiger partial charge in [-0.05, 0) is 37.5 Å². The molecule has 88 valence electrons. The van der Waals surface area contributed by atoms with Gasteiger partial charge in [-0.25, -0.2) is 9.59 Å². The van der Waals surface area contributed by atoms with E-state index in [2.05, 4.69) is 9.64 Å². The van der Waals surface area contributed by atoms with E-state index in [1.54, 1.807) is 6.07 Å². The number of carbonyl (C=O) groups excluding carboxylic acids is 2. The fourth-order valence-corrected chi connectivity index (χ4v) is 2.55. The van der Waals surface area contributed by atoms with E-state index in [1.165, 1.54) is 12.8 Å². The summed E-state index contributed by atoms with van der Waals surface area (Å²) >= 11 is 0. The molecule has 0 atom stereocenters. The lowest BCUT2D eigenvalue weighted by Gasteiger charge is -2.18. The molecule has 0 aromatic heterocycles. The molecule has 0 N–H and O–H groups in total. The number of rotatable bonds is 1. The summed E-state index contributed by atoms with van der Waals surface area (Å²) in [5.74, 6) is -1.04. The van der Waals surface area contributed by atoms with E-state index >= 15 is 0 Å². The number of benzene rings is 1. The molecule has 1 saturated heterocycles. The maximum absolute atomic E-state index is 11.5. The molecule has 1 fully saturated rings. The second kappa shape index (κ2) is 3.58. The average molecular weight is 231 g/mol. The molecule has 3 rings (SSSR count). The van der Waals surface area contributed by atoms with E-state index in [9.17, 15) is 9.59 Å². The molecule has 1 aromatic carbocycles. The Balaban J connectivity index is 2.10. The van der Waals surface area contributed by atoms with E-state index in [-0.39, 0.29) is 0 Å². The Hall–Kier alpha value is -1.84. The van der Waals surface area contributed by atoms with Gasteiger partial charge in [-0.2, -0.15) is 0 Å². The van der Waals surface area contributed by atoms with Gasteiger partial charge < -0.3 is 9.64 Å². The lowest BCUT2D eigenvalue weighted by atomic mass is 10.0. The van der Waals surface area contributed by atoms with Crippen molar-refractivity contribution in [2.75, 3.05) is 18.0 Å². The highest BCUT2D eigenvalue weighted by atomic mass is 16.6. The van der Waals surface area contributed by atoms with Crippen LogP contribution in [0.1, 0.15) is 39.1 Å². The van der Waals surface area contributed by atoms with Crippen LogP contribution in [0.2, 0.25) is 0 Å². The number of ether oxygens (including phenoxy) is 1. The topological polar surface area (TPSA) is 46.6 Å². The number of anilines is 1.